The van der Waals surface area contributed by atoms with E-state index in [0.29, 0.717) is 0 Å². The van der Waals surface area contributed by atoms with E-state index < -0.39 is 0 Å². The summed E-state index contributed by atoms with van der Waals surface area (Å²) in [7, 11) is 0. The Morgan fingerprint density at radius 3 is 2.00 bits per heavy atom. The molecule has 0 atom stereocenters. The molecule has 0 spiro atoms. The number of nitrogens with zero attached hydrogens (tertiary/aromatic N) is 1. The number of aromatic nitrogens is 1. The molecule has 0 N–H and O–H groups in total. The Morgan fingerprint density at radius 2 is 1.25 bits per heavy atom. The predicted molar refractivity (Wildman–Crippen MR) is 99.1 cm³/mol. The van der Waals surface area contributed by atoms with E-state index in [-0.39, 0.29) is 0 Å². The summed E-state index contributed by atoms with van der Waals surface area (Å²) >= 11 is 0. The average Bonchev–Trinajstić information content (AvgIpc) is 2.69. The highest BCUT2D eigenvalue weighted by atomic mass is 14.6. The van der Waals surface area contributed by atoms with Crippen molar-refractivity contribution in [3.8, 4) is 22.3 Å². The van der Waals surface area contributed by atoms with Crippen molar-refractivity contribution in [2.24, 2.45) is 0 Å². The predicted octanol–water partition coefficient (Wildman–Crippen LogP) is 6.17. The van der Waals surface area contributed by atoms with Gasteiger partial charge in [0.25, 0.3) is 0 Å². The SMILES string of the molecule is c1ccc(-c2cncc(-c3ccc4c(c3)C3CCC4CC3)c2)cc1. The Labute approximate surface area is 143 Å². The third kappa shape index (κ3) is 2.27. The fourth-order valence-corrected chi connectivity index (χ4v) is 4.58. The maximum absolute atomic E-state index is 4.50. The van der Waals surface area contributed by atoms with Gasteiger partial charge in [-0.1, -0.05) is 48.5 Å². The maximum atomic E-state index is 4.50. The van der Waals surface area contributed by atoms with E-state index in [0.717, 1.165) is 11.8 Å². The minimum atomic E-state index is 0.787. The second kappa shape index (κ2) is 5.59. The summed E-state index contributed by atoms with van der Waals surface area (Å²) in [4.78, 5) is 4.50. The standard InChI is InChI=1S/C23H21N/c1-2-4-16(5-3-1)20-12-21(15-24-14-20)19-10-11-22-17-6-8-18(9-7-17)23(22)13-19/h1-5,10-15,17-18H,6-9H2. The minimum Gasteiger partial charge on any atom is -0.263 e. The van der Waals surface area contributed by atoms with E-state index in [1.807, 2.05) is 12.4 Å². The van der Waals surface area contributed by atoms with Gasteiger partial charge in [-0.05, 0) is 65.8 Å². The molecule has 1 aromatic heterocycles. The lowest BCUT2D eigenvalue weighted by atomic mass is 9.67. The quantitative estimate of drug-likeness (QED) is 0.551. The summed E-state index contributed by atoms with van der Waals surface area (Å²) in [5.74, 6) is 1.60. The Morgan fingerprint density at radius 1 is 0.583 bits per heavy atom. The first kappa shape index (κ1) is 14.0. The third-order valence-electron chi connectivity index (χ3n) is 5.87. The second-order valence-electron chi connectivity index (χ2n) is 7.22. The van der Waals surface area contributed by atoms with Crippen LogP contribution in [-0.2, 0) is 0 Å². The fourth-order valence-electron chi connectivity index (χ4n) is 4.58. The van der Waals surface area contributed by atoms with Crippen LogP contribution in [0.5, 0.6) is 0 Å². The average molecular weight is 311 g/mol. The van der Waals surface area contributed by atoms with Crippen LogP contribution in [0.25, 0.3) is 22.3 Å². The molecule has 0 amide bonds. The van der Waals surface area contributed by atoms with Crippen LogP contribution in [0.2, 0.25) is 0 Å². The van der Waals surface area contributed by atoms with E-state index in [2.05, 4.69) is 59.6 Å². The molecule has 2 bridgehead atoms. The normalized spacial score (nSPS) is 21.5. The van der Waals surface area contributed by atoms with Crippen LogP contribution in [0.4, 0.5) is 0 Å². The van der Waals surface area contributed by atoms with Gasteiger partial charge in [-0.2, -0.15) is 0 Å². The van der Waals surface area contributed by atoms with Crippen LogP contribution in [0, 0.1) is 0 Å². The van der Waals surface area contributed by atoms with Gasteiger partial charge in [-0.25, -0.2) is 0 Å². The van der Waals surface area contributed by atoms with E-state index in [9.17, 15) is 0 Å². The van der Waals surface area contributed by atoms with Gasteiger partial charge in [0, 0.05) is 23.5 Å². The van der Waals surface area contributed by atoms with Gasteiger partial charge in [0.15, 0.2) is 0 Å². The molecule has 0 radical (unpaired) electrons. The summed E-state index contributed by atoms with van der Waals surface area (Å²) in [6.45, 7) is 0. The molecule has 0 aliphatic heterocycles. The van der Waals surface area contributed by atoms with Crippen molar-refractivity contribution in [2.45, 2.75) is 37.5 Å². The third-order valence-corrected chi connectivity index (χ3v) is 5.87. The van der Waals surface area contributed by atoms with Gasteiger partial charge >= 0.3 is 0 Å². The number of benzene rings is 2. The first-order valence-electron chi connectivity index (χ1n) is 9.03. The number of hydrogen-bond acceptors (Lipinski definition) is 1. The number of rotatable bonds is 2. The maximum Gasteiger partial charge on any atom is 0.0346 e. The first-order chi connectivity index (χ1) is 11.9. The molecule has 6 rings (SSSR count). The minimum absolute atomic E-state index is 0.787. The Hall–Kier alpha value is -2.41. The van der Waals surface area contributed by atoms with Crippen LogP contribution < -0.4 is 0 Å². The van der Waals surface area contributed by atoms with Crippen molar-refractivity contribution >= 4 is 0 Å². The highest BCUT2D eigenvalue weighted by molar-refractivity contribution is 5.72. The zero-order chi connectivity index (χ0) is 15.9. The molecule has 1 saturated carbocycles. The van der Waals surface area contributed by atoms with Gasteiger partial charge in [0.2, 0.25) is 0 Å². The van der Waals surface area contributed by atoms with Crippen molar-refractivity contribution in [3.63, 3.8) is 0 Å². The summed E-state index contributed by atoms with van der Waals surface area (Å²) in [5, 5.41) is 0. The van der Waals surface area contributed by atoms with Gasteiger partial charge < -0.3 is 0 Å². The molecule has 1 nitrogen and oxygen atoms in total. The Balaban J connectivity index is 1.57. The van der Waals surface area contributed by atoms with Gasteiger partial charge in [0.05, 0.1) is 0 Å². The van der Waals surface area contributed by atoms with Gasteiger partial charge in [-0.15, -0.1) is 0 Å². The highest BCUT2D eigenvalue weighted by Crippen LogP contribution is 2.50. The van der Waals surface area contributed by atoms with E-state index >= 15 is 0 Å². The second-order valence-corrected chi connectivity index (χ2v) is 7.22. The van der Waals surface area contributed by atoms with E-state index in [4.69, 9.17) is 0 Å². The molecule has 24 heavy (non-hydrogen) atoms. The molecule has 1 heteroatoms. The van der Waals surface area contributed by atoms with Gasteiger partial charge in [-0.3, -0.25) is 4.98 Å². The molecule has 1 heterocycles. The summed E-state index contributed by atoms with van der Waals surface area (Å²) in [6.07, 6.45) is 9.49. The zero-order valence-electron chi connectivity index (χ0n) is 13.8. The number of fused-ring (bicyclic) bond motifs is 2. The molecular weight excluding hydrogens is 290 g/mol. The van der Waals surface area contributed by atoms with E-state index in [1.165, 1.54) is 47.9 Å². The number of hydrogen-bond donors (Lipinski definition) is 0. The highest BCUT2D eigenvalue weighted by Gasteiger charge is 2.32. The topological polar surface area (TPSA) is 12.9 Å². The van der Waals surface area contributed by atoms with Crippen LogP contribution >= 0.6 is 0 Å². The molecule has 3 aromatic rings. The monoisotopic (exact) mass is 311 g/mol. The lowest BCUT2D eigenvalue weighted by molar-refractivity contribution is 0.359. The molecule has 0 unspecified atom stereocenters. The summed E-state index contributed by atoms with van der Waals surface area (Å²) in [6, 6.07) is 19.9. The Kier molecular flexibility index (Phi) is 3.26. The van der Waals surface area contributed by atoms with E-state index in [1.54, 1.807) is 11.1 Å². The lowest BCUT2D eigenvalue weighted by Gasteiger charge is -2.38. The molecule has 2 aromatic carbocycles. The molecular formula is C23H21N. The van der Waals surface area contributed by atoms with Crippen LogP contribution in [-0.4, -0.2) is 4.98 Å². The van der Waals surface area contributed by atoms with Crippen molar-refractivity contribution in [2.75, 3.05) is 0 Å². The van der Waals surface area contributed by atoms with Crippen LogP contribution in [0.15, 0.2) is 67.0 Å². The zero-order valence-corrected chi connectivity index (χ0v) is 13.8. The summed E-state index contributed by atoms with van der Waals surface area (Å²) in [5.41, 5.74) is 8.18. The molecule has 1 fully saturated rings. The fraction of sp³-hybridized carbons (Fsp3) is 0.261. The Bertz CT molecular complexity index is 874. The molecule has 3 aliphatic rings. The molecule has 118 valence electrons. The number of pyridine rings is 1. The first-order valence-corrected chi connectivity index (χ1v) is 9.03. The molecule has 3 aliphatic carbocycles. The van der Waals surface area contributed by atoms with Crippen molar-refractivity contribution < 1.29 is 0 Å². The molecule has 0 saturated heterocycles. The van der Waals surface area contributed by atoms with Crippen LogP contribution in [0.1, 0.15) is 48.6 Å². The van der Waals surface area contributed by atoms with Crippen LogP contribution in [0.3, 0.4) is 0 Å². The smallest absolute Gasteiger partial charge is 0.0346 e. The van der Waals surface area contributed by atoms with Gasteiger partial charge in [0.1, 0.15) is 0 Å². The van der Waals surface area contributed by atoms with Crippen molar-refractivity contribution in [1.29, 1.82) is 0 Å². The lowest BCUT2D eigenvalue weighted by Crippen LogP contribution is -2.21. The van der Waals surface area contributed by atoms with Crippen molar-refractivity contribution in [3.05, 3.63) is 78.1 Å². The largest absolute Gasteiger partial charge is 0.263 e. The van der Waals surface area contributed by atoms with Crippen molar-refractivity contribution in [1.82, 2.24) is 4.98 Å². The summed E-state index contributed by atoms with van der Waals surface area (Å²) < 4.78 is 0.